The van der Waals surface area contributed by atoms with Gasteiger partial charge in [0.1, 0.15) is 12.0 Å². The molecule has 6 heteroatoms. The summed E-state index contributed by atoms with van der Waals surface area (Å²) in [5, 5.41) is 12.0. The number of aromatic hydroxyl groups is 1. The lowest BCUT2D eigenvalue weighted by molar-refractivity contribution is 0.112. The van der Waals surface area contributed by atoms with Crippen LogP contribution in [0.2, 0.25) is 0 Å². The van der Waals surface area contributed by atoms with E-state index in [1.165, 1.54) is 18.9 Å². The van der Waals surface area contributed by atoms with Crippen molar-refractivity contribution < 1.29 is 19.0 Å². The van der Waals surface area contributed by atoms with Gasteiger partial charge >= 0.3 is 0 Å². The Hall–Kier alpha value is -3.64. The van der Waals surface area contributed by atoms with Gasteiger partial charge in [0.2, 0.25) is 0 Å². The zero-order valence-corrected chi connectivity index (χ0v) is 20.3. The molecular weight excluding hydrogens is 461 g/mol. The van der Waals surface area contributed by atoms with E-state index in [2.05, 4.69) is 17.6 Å². The number of rotatable bonds is 6. The maximum atomic E-state index is 14.7. The van der Waals surface area contributed by atoms with E-state index in [1.807, 2.05) is 24.3 Å². The Morgan fingerprint density at radius 1 is 1.17 bits per heavy atom. The number of phenols is 1. The van der Waals surface area contributed by atoms with Crippen molar-refractivity contribution in [3.05, 3.63) is 71.5 Å². The lowest BCUT2D eigenvalue weighted by atomic mass is 10.0. The molecule has 0 saturated heterocycles. The second-order valence-corrected chi connectivity index (χ2v) is 10.3. The molecule has 4 nitrogen and oxygen atoms in total. The fraction of sp³-hybridized carbons (Fsp3) is 0.207. The molecule has 2 heterocycles. The highest BCUT2D eigenvalue weighted by Crippen LogP contribution is 2.45. The second-order valence-electron chi connectivity index (χ2n) is 9.27. The van der Waals surface area contributed by atoms with E-state index in [0.717, 1.165) is 55.5 Å². The molecule has 0 bridgehead atoms. The van der Waals surface area contributed by atoms with Crippen LogP contribution in [0, 0.1) is 18.7 Å². The second kappa shape index (κ2) is 8.24. The Kier molecular flexibility index (Phi) is 5.15. The molecule has 0 unspecified atom stereocenters. The summed E-state index contributed by atoms with van der Waals surface area (Å²) in [6.07, 6.45) is 3.27. The number of ether oxygens (including phenoxy) is 1. The van der Waals surface area contributed by atoms with E-state index in [0.29, 0.717) is 22.8 Å². The average Bonchev–Trinajstić information content (AvgIpc) is 3.54. The van der Waals surface area contributed by atoms with Gasteiger partial charge < -0.3 is 14.4 Å². The third-order valence-corrected chi connectivity index (χ3v) is 8.20. The highest BCUT2D eigenvalue weighted by Gasteiger charge is 2.26. The van der Waals surface area contributed by atoms with Gasteiger partial charge in [-0.2, -0.15) is 0 Å². The first kappa shape index (κ1) is 21.9. The quantitative estimate of drug-likeness (QED) is 0.252. The predicted molar refractivity (Wildman–Crippen MR) is 139 cm³/mol. The van der Waals surface area contributed by atoms with Gasteiger partial charge in [0.15, 0.2) is 11.6 Å². The molecule has 0 atom stereocenters. The number of aromatic nitrogens is 1. The lowest BCUT2D eigenvalue weighted by Gasteiger charge is -2.11. The number of thiophene rings is 1. The van der Waals surface area contributed by atoms with Crippen molar-refractivity contribution in [1.82, 2.24) is 4.57 Å². The Morgan fingerprint density at radius 2 is 2.00 bits per heavy atom. The molecule has 6 rings (SSSR count). The van der Waals surface area contributed by atoms with Crippen LogP contribution in [0.25, 0.3) is 42.7 Å². The molecule has 176 valence electrons. The van der Waals surface area contributed by atoms with Crippen LogP contribution in [0.1, 0.15) is 28.8 Å². The summed E-state index contributed by atoms with van der Waals surface area (Å²) in [4.78, 5) is 12.6. The molecular formula is C29H24FNO3S. The zero-order valence-electron chi connectivity index (χ0n) is 19.5. The number of hydrogen-bond donors (Lipinski definition) is 1. The Morgan fingerprint density at radius 3 is 2.74 bits per heavy atom. The number of aldehydes is 1. The first-order valence-corrected chi connectivity index (χ1v) is 12.5. The molecule has 2 aromatic heterocycles. The fourth-order valence-corrected chi connectivity index (χ4v) is 6.24. The van der Waals surface area contributed by atoms with Crippen molar-refractivity contribution >= 4 is 38.6 Å². The van der Waals surface area contributed by atoms with Crippen LogP contribution in [-0.4, -0.2) is 23.1 Å². The van der Waals surface area contributed by atoms with Crippen molar-refractivity contribution in [3.63, 3.8) is 0 Å². The molecule has 1 aliphatic rings. The van der Waals surface area contributed by atoms with Crippen molar-refractivity contribution in [1.29, 1.82) is 0 Å². The molecule has 0 spiro atoms. The number of carbonyl (C=O) groups is 1. The summed E-state index contributed by atoms with van der Waals surface area (Å²) in [6, 6.07) is 16.6. The Balaban J connectivity index is 1.58. The summed E-state index contributed by atoms with van der Waals surface area (Å²) >= 11 is 1.67. The van der Waals surface area contributed by atoms with E-state index in [-0.39, 0.29) is 5.75 Å². The van der Waals surface area contributed by atoms with Gasteiger partial charge in [-0.25, -0.2) is 4.39 Å². The van der Waals surface area contributed by atoms with Gasteiger partial charge in [-0.05, 0) is 67.1 Å². The first-order chi connectivity index (χ1) is 17.0. The molecule has 1 N–H and O–H groups in total. The van der Waals surface area contributed by atoms with Gasteiger partial charge in [-0.3, -0.25) is 4.79 Å². The van der Waals surface area contributed by atoms with Crippen LogP contribution < -0.4 is 4.74 Å². The van der Waals surface area contributed by atoms with E-state index >= 15 is 0 Å². The topological polar surface area (TPSA) is 51.5 Å². The number of methoxy groups -OCH3 is 1. The number of nitrogens with zero attached hydrogens (tertiary/aromatic N) is 1. The van der Waals surface area contributed by atoms with Crippen LogP contribution in [0.4, 0.5) is 4.39 Å². The number of aryl methyl sites for hydroxylation is 1. The minimum atomic E-state index is -0.606. The van der Waals surface area contributed by atoms with Crippen molar-refractivity contribution in [2.24, 2.45) is 5.92 Å². The first-order valence-electron chi connectivity index (χ1n) is 11.7. The van der Waals surface area contributed by atoms with E-state index in [4.69, 9.17) is 4.74 Å². The maximum absolute atomic E-state index is 14.7. The van der Waals surface area contributed by atoms with Gasteiger partial charge in [-0.15, -0.1) is 11.3 Å². The highest BCUT2D eigenvalue weighted by atomic mass is 32.1. The van der Waals surface area contributed by atoms with Crippen molar-refractivity contribution in [2.45, 2.75) is 26.3 Å². The third kappa shape index (κ3) is 3.60. The van der Waals surface area contributed by atoms with Crippen molar-refractivity contribution in [2.75, 3.05) is 7.11 Å². The molecule has 35 heavy (non-hydrogen) atoms. The molecule has 1 aliphatic carbocycles. The molecule has 0 aliphatic heterocycles. The SMILES string of the molecule is COc1cc(C=O)cc2sc(-c3cc4ccc(-c5cccc(O)c5F)cc4n3CC3CC3)c(C)c12. The monoisotopic (exact) mass is 485 g/mol. The lowest BCUT2D eigenvalue weighted by Crippen LogP contribution is -2.01. The molecule has 1 saturated carbocycles. The molecule has 5 aromatic rings. The summed E-state index contributed by atoms with van der Waals surface area (Å²) in [5.41, 5.74) is 5.00. The van der Waals surface area contributed by atoms with Gasteiger partial charge in [-0.1, -0.05) is 24.3 Å². The summed E-state index contributed by atoms with van der Waals surface area (Å²) in [5.74, 6) is 0.388. The number of benzene rings is 3. The summed E-state index contributed by atoms with van der Waals surface area (Å²) in [6.45, 7) is 3.00. The van der Waals surface area contributed by atoms with Crippen LogP contribution in [-0.2, 0) is 6.54 Å². The summed E-state index contributed by atoms with van der Waals surface area (Å²) in [7, 11) is 1.63. The number of fused-ring (bicyclic) bond motifs is 2. The standard InChI is InChI=1S/C29H24FNO3S/c1-16-27-25(34-2)10-18(15-32)11-26(27)35-29(16)23-13-20-9-8-19(21-4-3-5-24(33)28(21)30)12-22(20)31(23)14-17-6-7-17/h3-5,8-13,15,17,33H,6-7,14H2,1-2H3. The normalized spacial score (nSPS) is 13.6. The smallest absolute Gasteiger partial charge is 0.172 e. The minimum Gasteiger partial charge on any atom is -0.505 e. The van der Waals surface area contributed by atoms with Crippen LogP contribution in [0.5, 0.6) is 11.5 Å². The largest absolute Gasteiger partial charge is 0.505 e. The number of halogens is 1. The van der Waals surface area contributed by atoms with Gasteiger partial charge in [0.25, 0.3) is 0 Å². The van der Waals surface area contributed by atoms with Crippen LogP contribution >= 0.6 is 11.3 Å². The molecule has 0 radical (unpaired) electrons. The highest BCUT2D eigenvalue weighted by molar-refractivity contribution is 7.22. The minimum absolute atomic E-state index is 0.346. The van der Waals surface area contributed by atoms with Crippen molar-refractivity contribution in [3.8, 4) is 33.2 Å². The average molecular weight is 486 g/mol. The number of phenolic OH excluding ortho intramolecular Hbond substituents is 1. The van der Waals surface area contributed by atoms with Crippen LogP contribution in [0.15, 0.2) is 54.6 Å². The van der Waals surface area contributed by atoms with E-state index < -0.39 is 5.82 Å². The maximum Gasteiger partial charge on any atom is 0.172 e. The van der Waals surface area contributed by atoms with Gasteiger partial charge in [0.05, 0.1) is 17.7 Å². The predicted octanol–water partition coefficient (Wildman–Crippen LogP) is 7.57. The van der Waals surface area contributed by atoms with Crippen LogP contribution in [0.3, 0.4) is 0 Å². The molecule has 0 amide bonds. The van der Waals surface area contributed by atoms with E-state index in [1.54, 1.807) is 36.6 Å². The third-order valence-electron chi connectivity index (χ3n) is 6.94. The zero-order chi connectivity index (χ0) is 24.3. The number of carbonyl (C=O) groups excluding carboxylic acids is 1. The Bertz CT molecular complexity index is 1630. The molecule has 1 fully saturated rings. The van der Waals surface area contributed by atoms with E-state index in [9.17, 15) is 14.3 Å². The fourth-order valence-electron chi connectivity index (χ4n) is 4.94. The summed E-state index contributed by atoms with van der Waals surface area (Å²) < 4.78 is 23.7. The molecule has 3 aromatic carbocycles. The van der Waals surface area contributed by atoms with Gasteiger partial charge in [0, 0.05) is 38.7 Å². The Labute approximate surface area is 206 Å². The number of hydrogen-bond acceptors (Lipinski definition) is 4.